The van der Waals surface area contributed by atoms with Gasteiger partial charge in [-0.25, -0.2) is 0 Å². The van der Waals surface area contributed by atoms with Crippen molar-refractivity contribution in [3.8, 4) is 0 Å². The molecule has 0 amide bonds. The highest BCUT2D eigenvalue weighted by Gasteiger charge is 2.29. The van der Waals surface area contributed by atoms with Crippen LogP contribution in [0.4, 0.5) is 0 Å². The molecule has 1 aliphatic carbocycles. The molecule has 15 heavy (non-hydrogen) atoms. The summed E-state index contributed by atoms with van der Waals surface area (Å²) in [6, 6.07) is 0. The molecule has 0 spiro atoms. The number of rotatable bonds is 2. The van der Waals surface area contributed by atoms with Crippen LogP contribution in [0.15, 0.2) is 0 Å². The standard InChI is InChI=1S/C10H20.C2H7N.C2H6/c1-4-9-7-6-8(3)10(9)5-2;1-2-3;1-2/h8-10H,4-7H2,1-3H3;2-3H2,1H3;1-2H3. The lowest BCUT2D eigenvalue weighted by molar-refractivity contribution is 0.310. The summed E-state index contributed by atoms with van der Waals surface area (Å²) in [7, 11) is 0. The van der Waals surface area contributed by atoms with E-state index in [1.807, 2.05) is 20.8 Å². The average molecular weight is 215 g/mol. The van der Waals surface area contributed by atoms with Crippen LogP contribution in [0.3, 0.4) is 0 Å². The van der Waals surface area contributed by atoms with Gasteiger partial charge in [0.15, 0.2) is 0 Å². The number of hydrogen-bond donors (Lipinski definition) is 1. The highest BCUT2D eigenvalue weighted by atomic mass is 14.5. The zero-order valence-corrected chi connectivity index (χ0v) is 11.8. The number of hydrogen-bond acceptors (Lipinski definition) is 1. The quantitative estimate of drug-likeness (QED) is 0.723. The highest BCUT2D eigenvalue weighted by Crippen LogP contribution is 2.40. The minimum atomic E-state index is 0.750. The van der Waals surface area contributed by atoms with E-state index in [4.69, 9.17) is 5.73 Å². The molecule has 0 aliphatic heterocycles. The van der Waals surface area contributed by atoms with E-state index in [0.717, 1.165) is 24.3 Å². The van der Waals surface area contributed by atoms with Crippen LogP contribution in [0.1, 0.15) is 67.2 Å². The van der Waals surface area contributed by atoms with Crippen molar-refractivity contribution in [1.82, 2.24) is 0 Å². The Morgan fingerprint density at radius 1 is 1.00 bits per heavy atom. The lowest BCUT2D eigenvalue weighted by Gasteiger charge is -2.19. The molecular formula is C14H33N. The zero-order chi connectivity index (χ0) is 12.3. The summed E-state index contributed by atoms with van der Waals surface area (Å²) >= 11 is 0. The SMILES string of the molecule is CC.CCC1CCC(C)C1CC.CCN. The summed E-state index contributed by atoms with van der Waals surface area (Å²) in [5.41, 5.74) is 4.85. The summed E-state index contributed by atoms with van der Waals surface area (Å²) in [6.45, 7) is 13.8. The Morgan fingerprint density at radius 3 is 1.73 bits per heavy atom. The molecule has 0 radical (unpaired) electrons. The average Bonchev–Trinajstić information content (AvgIpc) is 2.63. The van der Waals surface area contributed by atoms with Crippen molar-refractivity contribution in [3.63, 3.8) is 0 Å². The fraction of sp³-hybridized carbons (Fsp3) is 1.00. The predicted octanol–water partition coefficient (Wildman–Crippen LogP) is 4.46. The van der Waals surface area contributed by atoms with Gasteiger partial charge in [0, 0.05) is 0 Å². The molecule has 1 rings (SSSR count). The van der Waals surface area contributed by atoms with E-state index in [1.54, 1.807) is 0 Å². The van der Waals surface area contributed by atoms with Crippen molar-refractivity contribution >= 4 is 0 Å². The maximum Gasteiger partial charge on any atom is -0.0106 e. The first kappa shape index (κ1) is 17.4. The lowest BCUT2D eigenvalue weighted by atomic mass is 9.87. The Hall–Kier alpha value is -0.0400. The van der Waals surface area contributed by atoms with Crippen LogP contribution in [-0.2, 0) is 0 Å². The molecule has 0 bridgehead atoms. The molecule has 1 nitrogen and oxygen atoms in total. The third kappa shape index (κ3) is 6.94. The van der Waals surface area contributed by atoms with Gasteiger partial charge in [0.1, 0.15) is 0 Å². The summed E-state index contributed by atoms with van der Waals surface area (Å²) in [4.78, 5) is 0. The molecule has 0 aromatic rings. The van der Waals surface area contributed by atoms with E-state index in [1.165, 1.54) is 25.7 Å². The van der Waals surface area contributed by atoms with E-state index in [0.29, 0.717) is 0 Å². The van der Waals surface area contributed by atoms with Crippen LogP contribution < -0.4 is 5.73 Å². The third-order valence-electron chi connectivity index (χ3n) is 3.32. The van der Waals surface area contributed by atoms with Crippen molar-refractivity contribution < 1.29 is 0 Å². The zero-order valence-electron chi connectivity index (χ0n) is 11.8. The van der Waals surface area contributed by atoms with Gasteiger partial charge in [0.05, 0.1) is 0 Å². The molecule has 3 atom stereocenters. The minimum Gasteiger partial charge on any atom is -0.331 e. The van der Waals surface area contributed by atoms with E-state index < -0.39 is 0 Å². The van der Waals surface area contributed by atoms with Crippen molar-refractivity contribution in [2.75, 3.05) is 6.54 Å². The molecule has 0 aromatic carbocycles. The molecule has 2 N–H and O–H groups in total. The second kappa shape index (κ2) is 12.0. The lowest BCUT2D eigenvalue weighted by Crippen LogP contribution is -2.10. The van der Waals surface area contributed by atoms with Crippen molar-refractivity contribution in [1.29, 1.82) is 0 Å². The molecule has 3 unspecified atom stereocenters. The minimum absolute atomic E-state index is 0.750. The van der Waals surface area contributed by atoms with Crippen molar-refractivity contribution in [2.24, 2.45) is 23.5 Å². The van der Waals surface area contributed by atoms with E-state index in [9.17, 15) is 0 Å². The third-order valence-corrected chi connectivity index (χ3v) is 3.32. The fourth-order valence-electron chi connectivity index (χ4n) is 2.61. The van der Waals surface area contributed by atoms with Crippen LogP contribution in [-0.4, -0.2) is 6.54 Å². The van der Waals surface area contributed by atoms with Crippen LogP contribution in [0.25, 0.3) is 0 Å². The molecule has 94 valence electrons. The highest BCUT2D eigenvalue weighted by molar-refractivity contribution is 4.80. The Bertz CT molecular complexity index is 112. The monoisotopic (exact) mass is 215 g/mol. The van der Waals surface area contributed by atoms with Crippen LogP contribution in [0.5, 0.6) is 0 Å². The fourth-order valence-corrected chi connectivity index (χ4v) is 2.61. The topological polar surface area (TPSA) is 26.0 Å². The second-order valence-electron chi connectivity index (χ2n) is 4.20. The largest absolute Gasteiger partial charge is 0.331 e. The van der Waals surface area contributed by atoms with Crippen LogP contribution >= 0.6 is 0 Å². The predicted molar refractivity (Wildman–Crippen MR) is 72.0 cm³/mol. The van der Waals surface area contributed by atoms with E-state index >= 15 is 0 Å². The normalized spacial score (nSPS) is 28.6. The molecule has 0 saturated heterocycles. The van der Waals surface area contributed by atoms with E-state index in [-0.39, 0.29) is 0 Å². The van der Waals surface area contributed by atoms with Gasteiger partial charge in [-0.3, -0.25) is 0 Å². The molecule has 0 aromatic heterocycles. The molecule has 1 saturated carbocycles. The van der Waals surface area contributed by atoms with Crippen LogP contribution in [0.2, 0.25) is 0 Å². The van der Waals surface area contributed by atoms with Gasteiger partial charge in [0.2, 0.25) is 0 Å². The smallest absolute Gasteiger partial charge is 0.0106 e. The van der Waals surface area contributed by atoms with Gasteiger partial charge in [0.25, 0.3) is 0 Å². The van der Waals surface area contributed by atoms with Gasteiger partial charge in [-0.15, -0.1) is 0 Å². The molecule has 0 heterocycles. The Kier molecular flexibility index (Phi) is 13.9. The first-order valence-electron chi connectivity index (χ1n) is 6.91. The summed E-state index contributed by atoms with van der Waals surface area (Å²) in [6.07, 6.45) is 5.79. The Labute approximate surface area is 97.8 Å². The molecule has 1 fully saturated rings. The second-order valence-corrected chi connectivity index (χ2v) is 4.20. The van der Waals surface area contributed by atoms with Gasteiger partial charge < -0.3 is 5.73 Å². The van der Waals surface area contributed by atoms with Gasteiger partial charge >= 0.3 is 0 Å². The van der Waals surface area contributed by atoms with Crippen molar-refractivity contribution in [2.45, 2.75) is 67.2 Å². The molecular weight excluding hydrogens is 182 g/mol. The van der Waals surface area contributed by atoms with Crippen molar-refractivity contribution in [3.05, 3.63) is 0 Å². The van der Waals surface area contributed by atoms with E-state index in [2.05, 4.69) is 20.8 Å². The summed E-state index contributed by atoms with van der Waals surface area (Å²) in [5.74, 6) is 3.11. The molecule has 1 aliphatic rings. The van der Waals surface area contributed by atoms with Gasteiger partial charge in [-0.1, -0.05) is 60.8 Å². The van der Waals surface area contributed by atoms with Gasteiger partial charge in [-0.05, 0) is 30.7 Å². The maximum atomic E-state index is 4.85. The Balaban J connectivity index is 0. The van der Waals surface area contributed by atoms with Crippen LogP contribution in [0, 0.1) is 17.8 Å². The summed E-state index contributed by atoms with van der Waals surface area (Å²) < 4.78 is 0. The first-order chi connectivity index (χ1) is 7.21. The first-order valence-corrected chi connectivity index (χ1v) is 6.91. The number of nitrogens with two attached hydrogens (primary N) is 1. The van der Waals surface area contributed by atoms with Gasteiger partial charge in [-0.2, -0.15) is 0 Å². The molecule has 1 heteroatoms. The Morgan fingerprint density at radius 2 is 1.47 bits per heavy atom. The summed E-state index contributed by atoms with van der Waals surface area (Å²) in [5, 5.41) is 0. The maximum absolute atomic E-state index is 4.85.